The molecule has 2 atom stereocenters. The van der Waals surface area contributed by atoms with Crippen molar-refractivity contribution >= 4 is 62.3 Å². The first-order chi connectivity index (χ1) is 16.8. The summed E-state index contributed by atoms with van der Waals surface area (Å²) < 4.78 is 26.4. The van der Waals surface area contributed by atoms with Gasteiger partial charge in [-0.15, -0.1) is 0 Å². The van der Waals surface area contributed by atoms with Crippen molar-refractivity contribution in [2.45, 2.75) is 59.2 Å². The maximum atomic E-state index is 13.7. The van der Waals surface area contributed by atoms with E-state index in [4.69, 9.17) is 34.8 Å². The summed E-state index contributed by atoms with van der Waals surface area (Å²) >= 11 is 18.4. The number of carbonyl (C=O) groups excluding carboxylic acids is 2. The van der Waals surface area contributed by atoms with Gasteiger partial charge in [-0.05, 0) is 44.4 Å². The Kier molecular flexibility index (Phi) is 10.9. The van der Waals surface area contributed by atoms with Crippen LogP contribution in [0.25, 0.3) is 0 Å². The topological polar surface area (TPSA) is 86.8 Å². The predicted octanol–water partition coefficient (Wildman–Crippen LogP) is 5.44. The van der Waals surface area contributed by atoms with Crippen molar-refractivity contribution in [3.05, 3.63) is 62.6 Å². The third kappa shape index (κ3) is 8.00. The van der Waals surface area contributed by atoms with E-state index < -0.39 is 28.5 Å². The van der Waals surface area contributed by atoms with Crippen molar-refractivity contribution in [1.29, 1.82) is 0 Å². The lowest BCUT2D eigenvalue weighted by molar-refractivity contribution is -0.140. The number of hydrogen-bond donors (Lipinski definition) is 1. The fourth-order valence-electron chi connectivity index (χ4n) is 3.67. The number of aryl methyl sites for hydroxylation is 1. The van der Waals surface area contributed by atoms with E-state index in [9.17, 15) is 18.0 Å². The van der Waals surface area contributed by atoms with Crippen LogP contribution in [0, 0.1) is 6.92 Å². The molecule has 0 aliphatic rings. The number of anilines is 1. The summed E-state index contributed by atoms with van der Waals surface area (Å²) in [4.78, 5) is 28.3. The quantitative estimate of drug-likeness (QED) is 0.361. The van der Waals surface area contributed by atoms with Crippen LogP contribution in [0.3, 0.4) is 0 Å². The maximum Gasteiger partial charge on any atom is 0.244 e. The first kappa shape index (κ1) is 30.2. The normalized spacial score (nSPS) is 13.1. The lowest BCUT2D eigenvalue weighted by Crippen LogP contribution is -2.53. The first-order valence-corrected chi connectivity index (χ1v) is 14.5. The third-order valence-corrected chi connectivity index (χ3v) is 7.91. The van der Waals surface area contributed by atoms with Crippen LogP contribution in [0.1, 0.15) is 44.7 Å². The van der Waals surface area contributed by atoms with Crippen molar-refractivity contribution in [3.8, 4) is 0 Å². The van der Waals surface area contributed by atoms with Crippen LogP contribution < -0.4 is 9.62 Å². The van der Waals surface area contributed by atoms with Crippen molar-refractivity contribution in [3.63, 3.8) is 0 Å². The smallest absolute Gasteiger partial charge is 0.244 e. The van der Waals surface area contributed by atoms with Crippen molar-refractivity contribution in [1.82, 2.24) is 10.2 Å². The molecule has 0 fully saturated rings. The molecule has 2 aromatic carbocycles. The van der Waals surface area contributed by atoms with E-state index in [2.05, 4.69) is 5.32 Å². The number of sulfonamides is 1. The van der Waals surface area contributed by atoms with Gasteiger partial charge in [-0.1, -0.05) is 78.5 Å². The zero-order chi connectivity index (χ0) is 27.2. The Balaban J connectivity index is 2.51. The molecular weight excluding hydrogens is 545 g/mol. The summed E-state index contributed by atoms with van der Waals surface area (Å²) in [6, 6.07) is 9.32. The largest absolute Gasteiger partial charge is 0.352 e. The molecule has 2 unspecified atom stereocenters. The van der Waals surface area contributed by atoms with Gasteiger partial charge in [0.05, 0.1) is 27.0 Å². The molecular formula is C25H32Cl3N3O4S. The molecule has 0 bridgehead atoms. The van der Waals surface area contributed by atoms with Gasteiger partial charge in [-0.2, -0.15) is 0 Å². The molecule has 0 aliphatic carbocycles. The average molecular weight is 577 g/mol. The minimum atomic E-state index is -3.95. The summed E-state index contributed by atoms with van der Waals surface area (Å²) in [7, 11) is -3.95. The molecule has 0 heterocycles. The molecule has 2 aromatic rings. The summed E-state index contributed by atoms with van der Waals surface area (Å²) in [5, 5.41) is 3.20. The van der Waals surface area contributed by atoms with Gasteiger partial charge in [-0.3, -0.25) is 13.9 Å². The Labute approximate surface area is 228 Å². The highest BCUT2D eigenvalue weighted by molar-refractivity contribution is 7.92. The number of benzene rings is 2. The Morgan fingerprint density at radius 2 is 1.64 bits per heavy atom. The fourth-order valence-corrected chi connectivity index (χ4v) is 5.21. The van der Waals surface area contributed by atoms with Crippen LogP contribution in [0.15, 0.2) is 36.4 Å². The predicted molar refractivity (Wildman–Crippen MR) is 147 cm³/mol. The summed E-state index contributed by atoms with van der Waals surface area (Å²) in [5.41, 5.74) is 1.84. The van der Waals surface area contributed by atoms with E-state index in [0.717, 1.165) is 28.1 Å². The highest BCUT2D eigenvalue weighted by Gasteiger charge is 2.33. The molecule has 0 saturated heterocycles. The van der Waals surface area contributed by atoms with E-state index in [1.54, 1.807) is 0 Å². The average Bonchev–Trinajstić information content (AvgIpc) is 2.79. The standard InChI is InChI=1S/C25H32Cl3N3O4S/c1-6-17(4)29-25(33)22(7-2)30(14-18-10-8-9-16(3)11-18)24(32)15-31(36(5,34)35)23-13-20(27)19(26)12-21(23)28/h8-13,17,22H,6-7,14-15H2,1-5H3,(H,29,33). The van der Waals surface area contributed by atoms with Crippen LogP contribution in [-0.4, -0.2) is 50.0 Å². The van der Waals surface area contributed by atoms with Crippen molar-refractivity contribution < 1.29 is 18.0 Å². The molecule has 0 saturated carbocycles. The minimum Gasteiger partial charge on any atom is -0.352 e. The number of amides is 2. The molecule has 36 heavy (non-hydrogen) atoms. The second-order valence-corrected chi connectivity index (χ2v) is 11.9. The van der Waals surface area contributed by atoms with Crippen LogP contribution >= 0.6 is 34.8 Å². The van der Waals surface area contributed by atoms with E-state index in [1.807, 2.05) is 52.0 Å². The van der Waals surface area contributed by atoms with Gasteiger partial charge in [-0.25, -0.2) is 8.42 Å². The molecule has 0 radical (unpaired) electrons. The SMILES string of the molecule is CCC(C)NC(=O)C(CC)N(Cc1cccc(C)c1)C(=O)CN(c1cc(Cl)c(Cl)cc1Cl)S(C)(=O)=O. The fraction of sp³-hybridized carbons (Fsp3) is 0.440. The second-order valence-electron chi connectivity index (χ2n) is 8.74. The van der Waals surface area contributed by atoms with Gasteiger partial charge in [0.25, 0.3) is 0 Å². The van der Waals surface area contributed by atoms with E-state index in [-0.39, 0.29) is 39.2 Å². The molecule has 2 rings (SSSR count). The molecule has 0 aliphatic heterocycles. The number of rotatable bonds is 11. The molecule has 198 valence electrons. The van der Waals surface area contributed by atoms with E-state index in [0.29, 0.717) is 6.42 Å². The lowest BCUT2D eigenvalue weighted by atomic mass is 10.1. The third-order valence-electron chi connectivity index (χ3n) is 5.76. The number of hydrogen-bond acceptors (Lipinski definition) is 4. The molecule has 2 amide bonds. The van der Waals surface area contributed by atoms with Crippen LogP contribution in [0.4, 0.5) is 5.69 Å². The Morgan fingerprint density at radius 3 is 2.19 bits per heavy atom. The zero-order valence-corrected chi connectivity index (χ0v) is 24.1. The van der Waals surface area contributed by atoms with Gasteiger partial charge in [0, 0.05) is 12.6 Å². The monoisotopic (exact) mass is 575 g/mol. The highest BCUT2D eigenvalue weighted by atomic mass is 35.5. The number of nitrogens with zero attached hydrogens (tertiary/aromatic N) is 2. The molecule has 7 nitrogen and oxygen atoms in total. The highest BCUT2D eigenvalue weighted by Crippen LogP contribution is 2.35. The van der Waals surface area contributed by atoms with Crippen LogP contribution in [0.5, 0.6) is 0 Å². The molecule has 1 N–H and O–H groups in total. The second kappa shape index (κ2) is 13.0. The molecule has 0 aromatic heterocycles. The summed E-state index contributed by atoms with van der Waals surface area (Å²) in [5.74, 6) is -0.860. The number of nitrogens with one attached hydrogen (secondary N) is 1. The van der Waals surface area contributed by atoms with Crippen molar-refractivity contribution in [2.75, 3.05) is 17.1 Å². The van der Waals surface area contributed by atoms with Gasteiger partial charge in [0.2, 0.25) is 21.8 Å². The number of halogens is 3. The van der Waals surface area contributed by atoms with E-state index >= 15 is 0 Å². The first-order valence-electron chi connectivity index (χ1n) is 11.6. The zero-order valence-electron chi connectivity index (χ0n) is 21.0. The summed E-state index contributed by atoms with van der Waals surface area (Å²) in [6.45, 7) is 7.12. The Morgan fingerprint density at radius 1 is 1.00 bits per heavy atom. The Bertz CT molecular complexity index is 1210. The lowest BCUT2D eigenvalue weighted by Gasteiger charge is -2.33. The van der Waals surface area contributed by atoms with Gasteiger partial charge in [0.1, 0.15) is 12.6 Å². The minimum absolute atomic E-state index is 0.0226. The van der Waals surface area contributed by atoms with Crippen molar-refractivity contribution in [2.24, 2.45) is 0 Å². The van der Waals surface area contributed by atoms with Crippen LogP contribution in [-0.2, 0) is 26.2 Å². The van der Waals surface area contributed by atoms with Gasteiger partial charge in [0.15, 0.2) is 0 Å². The maximum absolute atomic E-state index is 13.7. The Hall–Kier alpha value is -2.00. The molecule has 11 heteroatoms. The van der Waals surface area contributed by atoms with Gasteiger partial charge >= 0.3 is 0 Å². The summed E-state index contributed by atoms with van der Waals surface area (Å²) in [6.07, 6.45) is 2.04. The number of carbonyl (C=O) groups is 2. The van der Waals surface area contributed by atoms with Crippen LogP contribution in [0.2, 0.25) is 15.1 Å². The van der Waals surface area contributed by atoms with E-state index in [1.165, 1.54) is 17.0 Å². The van der Waals surface area contributed by atoms with Gasteiger partial charge < -0.3 is 10.2 Å². The molecule has 0 spiro atoms.